The van der Waals surface area contributed by atoms with E-state index in [2.05, 4.69) is 51.7 Å². The van der Waals surface area contributed by atoms with E-state index in [1.165, 1.54) is 0 Å². The summed E-state index contributed by atoms with van der Waals surface area (Å²) in [5.41, 5.74) is 2.35. The lowest BCUT2D eigenvalue weighted by Gasteiger charge is -2.18. The molecule has 0 bridgehead atoms. The molecule has 0 spiro atoms. The standard InChI is InChI=1S/C22H30FN7O2/c1-12(2)25-21(31)32-16-7-6-13(19(16)23)14-10-18(28-27-14)26-20-15-11-17(22(3,4)5)29-30(15)9-8-24-20/h8-13,16,19H,6-7H2,1-5H3,(H,25,31)(H2,24,26,27,28)/t13-,16-,19+/m0/s1. The molecule has 3 N–H and O–H groups in total. The largest absolute Gasteiger partial charge is 0.443 e. The molecule has 3 aromatic heterocycles. The highest BCUT2D eigenvalue weighted by molar-refractivity contribution is 5.72. The van der Waals surface area contributed by atoms with E-state index in [1.54, 1.807) is 23.0 Å². The van der Waals surface area contributed by atoms with Gasteiger partial charge in [0.1, 0.15) is 17.8 Å². The number of aromatic amines is 1. The topological polar surface area (TPSA) is 109 Å². The van der Waals surface area contributed by atoms with Crippen molar-refractivity contribution in [3.8, 4) is 0 Å². The molecule has 172 valence electrons. The summed E-state index contributed by atoms with van der Waals surface area (Å²) in [6, 6.07) is 3.72. The number of halogens is 1. The van der Waals surface area contributed by atoms with Gasteiger partial charge in [-0.25, -0.2) is 18.7 Å². The number of hydrogen-bond acceptors (Lipinski definition) is 6. The molecule has 9 nitrogen and oxygen atoms in total. The Bertz CT molecular complexity index is 1100. The molecule has 3 aromatic rings. The summed E-state index contributed by atoms with van der Waals surface area (Å²) >= 11 is 0. The van der Waals surface area contributed by atoms with Crippen LogP contribution in [0.2, 0.25) is 0 Å². The lowest BCUT2D eigenvalue weighted by Crippen LogP contribution is -2.36. The Morgan fingerprint density at radius 1 is 1.31 bits per heavy atom. The first-order valence-corrected chi connectivity index (χ1v) is 10.9. The number of H-pyrrole nitrogens is 1. The number of hydrogen-bond donors (Lipinski definition) is 3. The van der Waals surface area contributed by atoms with Gasteiger partial charge in [0.2, 0.25) is 0 Å². The van der Waals surface area contributed by atoms with Gasteiger partial charge in [-0.05, 0) is 32.8 Å². The van der Waals surface area contributed by atoms with E-state index in [1.807, 2.05) is 19.9 Å². The van der Waals surface area contributed by atoms with Crippen molar-refractivity contribution in [3.05, 3.63) is 35.9 Å². The molecule has 1 fully saturated rings. The predicted molar refractivity (Wildman–Crippen MR) is 119 cm³/mol. The predicted octanol–water partition coefficient (Wildman–Crippen LogP) is 4.21. The summed E-state index contributed by atoms with van der Waals surface area (Å²) in [6.45, 7) is 9.97. The normalized spacial score (nSPS) is 21.3. The molecule has 0 aliphatic heterocycles. The smallest absolute Gasteiger partial charge is 0.407 e. The van der Waals surface area contributed by atoms with E-state index in [0.717, 1.165) is 11.2 Å². The maximum atomic E-state index is 15.0. The third-order valence-corrected chi connectivity index (χ3v) is 5.57. The molecule has 3 heterocycles. The van der Waals surface area contributed by atoms with Crippen LogP contribution in [-0.4, -0.2) is 49.2 Å². The van der Waals surface area contributed by atoms with Crippen LogP contribution in [0, 0.1) is 0 Å². The molecule has 0 radical (unpaired) electrons. The number of amides is 1. The average molecular weight is 444 g/mol. The molecule has 1 amide bonds. The van der Waals surface area contributed by atoms with Gasteiger partial charge in [-0.2, -0.15) is 10.2 Å². The summed E-state index contributed by atoms with van der Waals surface area (Å²) in [4.78, 5) is 16.3. The van der Waals surface area contributed by atoms with Crippen LogP contribution in [0.5, 0.6) is 0 Å². The Morgan fingerprint density at radius 3 is 2.81 bits per heavy atom. The summed E-state index contributed by atoms with van der Waals surface area (Å²) in [6.07, 6.45) is 1.84. The van der Waals surface area contributed by atoms with E-state index in [9.17, 15) is 9.18 Å². The van der Waals surface area contributed by atoms with Gasteiger partial charge in [0.05, 0.1) is 5.69 Å². The highest BCUT2D eigenvalue weighted by atomic mass is 19.1. The summed E-state index contributed by atoms with van der Waals surface area (Å²) in [7, 11) is 0. The quantitative estimate of drug-likeness (QED) is 0.545. The Kier molecular flexibility index (Phi) is 5.79. The molecule has 0 aromatic carbocycles. The third-order valence-electron chi connectivity index (χ3n) is 5.57. The van der Waals surface area contributed by atoms with Gasteiger partial charge in [0.15, 0.2) is 11.6 Å². The Labute approximate surface area is 186 Å². The summed E-state index contributed by atoms with van der Waals surface area (Å²) in [5, 5.41) is 17.7. The number of nitrogens with zero attached hydrogens (tertiary/aromatic N) is 4. The number of nitrogens with one attached hydrogen (secondary N) is 3. The van der Waals surface area contributed by atoms with Crippen molar-refractivity contribution in [2.24, 2.45) is 0 Å². The number of aromatic nitrogens is 5. The van der Waals surface area contributed by atoms with Crippen LogP contribution in [0.4, 0.5) is 20.8 Å². The number of ether oxygens (including phenoxy) is 1. The van der Waals surface area contributed by atoms with E-state index >= 15 is 0 Å². The molecule has 1 aliphatic rings. The number of carbonyl (C=O) groups is 1. The van der Waals surface area contributed by atoms with Crippen molar-refractivity contribution in [2.75, 3.05) is 5.32 Å². The first-order chi connectivity index (χ1) is 15.1. The Hall–Kier alpha value is -3.17. The van der Waals surface area contributed by atoms with E-state index in [0.29, 0.717) is 30.2 Å². The highest BCUT2D eigenvalue weighted by Gasteiger charge is 2.41. The van der Waals surface area contributed by atoms with Crippen molar-refractivity contribution in [1.29, 1.82) is 0 Å². The fourth-order valence-electron chi connectivity index (χ4n) is 3.88. The number of carbonyl (C=O) groups excluding carboxylic acids is 1. The fraction of sp³-hybridized carbons (Fsp3) is 0.545. The number of alkyl carbamates (subject to hydrolysis) is 1. The number of rotatable bonds is 5. The Morgan fingerprint density at radius 2 is 2.09 bits per heavy atom. The number of fused-ring (bicyclic) bond motifs is 1. The molecular formula is C22H30FN7O2. The molecule has 4 rings (SSSR count). The minimum Gasteiger partial charge on any atom is -0.443 e. The number of alkyl halides is 1. The lowest BCUT2D eigenvalue weighted by atomic mass is 9.92. The average Bonchev–Trinajstić information content (AvgIpc) is 3.40. The minimum absolute atomic E-state index is 0.0627. The number of anilines is 2. The van der Waals surface area contributed by atoms with Crippen molar-refractivity contribution < 1.29 is 13.9 Å². The van der Waals surface area contributed by atoms with E-state index in [-0.39, 0.29) is 11.5 Å². The van der Waals surface area contributed by atoms with Crippen molar-refractivity contribution >= 4 is 23.2 Å². The molecule has 0 unspecified atom stereocenters. The maximum Gasteiger partial charge on any atom is 0.407 e. The first-order valence-electron chi connectivity index (χ1n) is 10.9. The van der Waals surface area contributed by atoms with Gasteiger partial charge in [-0.15, -0.1) is 0 Å². The van der Waals surface area contributed by atoms with Gasteiger partial charge in [0.25, 0.3) is 0 Å². The lowest BCUT2D eigenvalue weighted by molar-refractivity contribution is 0.0555. The van der Waals surface area contributed by atoms with Crippen molar-refractivity contribution in [2.45, 2.75) is 77.1 Å². The van der Waals surface area contributed by atoms with Gasteiger partial charge < -0.3 is 15.4 Å². The highest BCUT2D eigenvalue weighted by Crippen LogP contribution is 2.38. The van der Waals surface area contributed by atoms with Crippen LogP contribution in [0.1, 0.15) is 64.8 Å². The second kappa shape index (κ2) is 8.40. The SMILES string of the molecule is CC(C)NC(=O)O[C@H]1CC[C@@H](c2cc(Nc3nccn4nc(C(C)(C)C)cc34)n[nH]2)[C@H]1F. The minimum atomic E-state index is -1.30. The van der Waals surface area contributed by atoms with Crippen LogP contribution in [-0.2, 0) is 10.2 Å². The van der Waals surface area contributed by atoms with E-state index in [4.69, 9.17) is 4.74 Å². The van der Waals surface area contributed by atoms with Crippen molar-refractivity contribution in [3.63, 3.8) is 0 Å². The van der Waals surface area contributed by atoms with E-state index < -0.39 is 24.3 Å². The first kappa shape index (κ1) is 22.0. The van der Waals surface area contributed by atoms with Gasteiger partial charge in [0, 0.05) is 41.5 Å². The van der Waals surface area contributed by atoms with Crippen LogP contribution < -0.4 is 10.6 Å². The van der Waals surface area contributed by atoms with Crippen LogP contribution >= 0.6 is 0 Å². The summed E-state index contributed by atoms with van der Waals surface area (Å²) in [5.74, 6) is 0.734. The fourth-order valence-corrected chi connectivity index (χ4v) is 3.88. The third kappa shape index (κ3) is 4.53. The molecule has 10 heteroatoms. The zero-order valence-corrected chi connectivity index (χ0v) is 19.0. The van der Waals surface area contributed by atoms with Crippen molar-refractivity contribution in [1.82, 2.24) is 30.1 Å². The van der Waals surface area contributed by atoms with Gasteiger partial charge in [-0.3, -0.25) is 5.10 Å². The van der Waals surface area contributed by atoms with Crippen LogP contribution in [0.25, 0.3) is 5.52 Å². The molecule has 0 saturated heterocycles. The van der Waals surface area contributed by atoms with Crippen LogP contribution in [0.3, 0.4) is 0 Å². The molecule has 1 saturated carbocycles. The maximum absolute atomic E-state index is 15.0. The molecular weight excluding hydrogens is 413 g/mol. The zero-order chi connectivity index (χ0) is 23.0. The van der Waals surface area contributed by atoms with Crippen LogP contribution in [0.15, 0.2) is 24.5 Å². The zero-order valence-electron chi connectivity index (χ0n) is 19.0. The van der Waals surface area contributed by atoms with Gasteiger partial charge in [-0.1, -0.05) is 20.8 Å². The molecule has 32 heavy (non-hydrogen) atoms. The molecule has 3 atom stereocenters. The van der Waals surface area contributed by atoms with Gasteiger partial charge >= 0.3 is 6.09 Å². The Balaban J connectivity index is 1.47. The monoisotopic (exact) mass is 443 g/mol. The second-order valence-electron chi connectivity index (χ2n) is 9.59. The summed E-state index contributed by atoms with van der Waals surface area (Å²) < 4.78 is 22.0. The second-order valence-corrected chi connectivity index (χ2v) is 9.59. The molecule has 1 aliphatic carbocycles.